The molecule has 29 nitrogen and oxygen atoms in total. The van der Waals surface area contributed by atoms with Gasteiger partial charge in [-0.3, -0.25) is 29.7 Å². The number of primary amides is 1. The summed E-state index contributed by atoms with van der Waals surface area (Å²) >= 11 is 0. The van der Waals surface area contributed by atoms with Gasteiger partial charge in [-0.1, -0.05) is 55.3 Å². The molecule has 650 valence electrons. The van der Waals surface area contributed by atoms with E-state index in [2.05, 4.69) is 78.5 Å². The number of piperidine rings is 1. The van der Waals surface area contributed by atoms with Crippen molar-refractivity contribution in [3.8, 4) is 57.6 Å². The Kier molecular flexibility index (Phi) is 29.5. The Morgan fingerprint density at radius 1 is 0.468 bits per heavy atom. The predicted molar refractivity (Wildman–Crippen MR) is 478 cm³/mol. The lowest BCUT2D eigenvalue weighted by molar-refractivity contribution is -0.126. The number of amides is 1. The minimum Gasteiger partial charge on any atom is -0.396 e. The Morgan fingerprint density at radius 2 is 0.863 bits per heavy atom. The minimum absolute atomic E-state index is 0.131. The number of aliphatic hydroxyl groups is 4. The normalized spacial score (nSPS) is 19.9. The van der Waals surface area contributed by atoms with Crippen LogP contribution in [0.25, 0.3) is 57.6 Å². The second-order valence-electron chi connectivity index (χ2n) is 34.5. The summed E-state index contributed by atoms with van der Waals surface area (Å²) in [5.74, 6) is 8.73. The van der Waals surface area contributed by atoms with E-state index in [9.17, 15) is 25.2 Å². The average Bonchev–Trinajstić information content (AvgIpc) is 1.63. The fourth-order valence-corrected chi connectivity index (χ4v) is 18.2. The molecule has 1 saturated heterocycles. The number of nitrogens with two attached hydrogens (primary N) is 1. The second-order valence-corrected chi connectivity index (χ2v) is 34.5. The minimum atomic E-state index is -0.538. The van der Waals surface area contributed by atoms with E-state index in [1.165, 1.54) is 52.0 Å². The number of aliphatic hydroxyl groups excluding tert-OH is 4. The largest absolute Gasteiger partial charge is 0.396 e. The second kappa shape index (κ2) is 42.2. The molecule has 0 aromatic carbocycles. The zero-order valence-corrected chi connectivity index (χ0v) is 71.2. The summed E-state index contributed by atoms with van der Waals surface area (Å²) < 4.78 is 10.6. The van der Waals surface area contributed by atoms with E-state index in [-0.39, 0.29) is 30.6 Å². The number of hydrogen-bond donors (Lipinski definition) is 10. The third-order valence-corrected chi connectivity index (χ3v) is 25.2. The molecule has 10 aromatic rings. The van der Waals surface area contributed by atoms with Gasteiger partial charge in [-0.25, -0.2) is 49.8 Å². The third-order valence-electron chi connectivity index (χ3n) is 25.2. The number of rotatable bonds is 27. The molecule has 9 aliphatic carbocycles. The Morgan fingerprint density at radius 3 is 1.24 bits per heavy atom. The third kappa shape index (κ3) is 22.6. The molecule has 20 rings (SSSR count). The van der Waals surface area contributed by atoms with Crippen LogP contribution < -0.4 is 32.3 Å². The summed E-state index contributed by atoms with van der Waals surface area (Å²) in [5.41, 5.74) is 21.1. The Balaban J connectivity index is 0.000000115. The van der Waals surface area contributed by atoms with Crippen LogP contribution in [-0.2, 0) is 78.5 Å². The van der Waals surface area contributed by atoms with Gasteiger partial charge < -0.3 is 67.1 Å². The Bertz CT molecular complexity index is 5180. The maximum Gasteiger partial charge on any atom is 0.225 e. The van der Waals surface area contributed by atoms with Crippen molar-refractivity contribution < 1.29 is 34.7 Å². The van der Waals surface area contributed by atoms with Crippen molar-refractivity contribution in [2.45, 2.75) is 216 Å². The number of nitrogens with one attached hydrogen (secondary N) is 5. The van der Waals surface area contributed by atoms with E-state index < -0.39 is 17.6 Å². The van der Waals surface area contributed by atoms with E-state index in [0.717, 1.165) is 261 Å². The maximum atomic E-state index is 12.0. The molecule has 4 fully saturated rings. The summed E-state index contributed by atoms with van der Waals surface area (Å²) in [4.78, 5) is 83.6. The van der Waals surface area contributed by atoms with Crippen LogP contribution in [-0.4, -0.2) is 209 Å². The molecule has 0 radical (unpaired) electrons. The molecule has 0 bridgehead atoms. The number of anilines is 5. The van der Waals surface area contributed by atoms with Gasteiger partial charge >= 0.3 is 0 Å². The molecule has 10 aromatic heterocycles. The van der Waals surface area contributed by atoms with Crippen molar-refractivity contribution in [1.29, 1.82) is 0 Å². The Labute approximate surface area is 725 Å². The van der Waals surface area contributed by atoms with Crippen LogP contribution in [0, 0.1) is 17.3 Å². The maximum absolute atomic E-state index is 12.0. The first-order chi connectivity index (χ1) is 60.8. The molecular weight excluding hydrogens is 1560 g/mol. The summed E-state index contributed by atoms with van der Waals surface area (Å²) in [6, 6.07) is 30.0. The topological polar surface area (TPSA) is 399 Å². The van der Waals surface area contributed by atoms with Gasteiger partial charge in [0, 0.05) is 164 Å². The van der Waals surface area contributed by atoms with Crippen LogP contribution >= 0.6 is 0 Å². The van der Waals surface area contributed by atoms with E-state index in [4.69, 9.17) is 55.1 Å². The van der Waals surface area contributed by atoms with Crippen molar-refractivity contribution in [1.82, 2.24) is 79.7 Å². The van der Waals surface area contributed by atoms with Gasteiger partial charge in [0.1, 0.15) is 57.6 Å². The number of aryl methyl sites for hydroxylation is 5. The predicted octanol–water partition coefficient (Wildman–Crippen LogP) is 11.7. The number of fused-ring (bicyclic) bond motifs is 5. The smallest absolute Gasteiger partial charge is 0.225 e. The highest BCUT2D eigenvalue weighted by molar-refractivity contribution is 5.82. The molecule has 10 aliphatic rings. The lowest BCUT2D eigenvalue weighted by atomic mass is 9.85. The molecule has 4 atom stereocenters. The lowest BCUT2D eigenvalue weighted by Gasteiger charge is -2.34. The number of aromatic nitrogens is 15. The highest BCUT2D eigenvalue weighted by Crippen LogP contribution is 2.41. The molecule has 11 heterocycles. The first kappa shape index (κ1) is 86.6. The van der Waals surface area contributed by atoms with Gasteiger partial charge in [0.05, 0.1) is 36.9 Å². The van der Waals surface area contributed by atoms with Crippen molar-refractivity contribution in [3.05, 3.63) is 190 Å². The molecule has 3 saturated carbocycles. The highest BCUT2D eigenvalue weighted by Gasteiger charge is 2.40. The lowest BCUT2D eigenvalue weighted by Crippen LogP contribution is -2.43. The molecule has 0 spiro atoms. The van der Waals surface area contributed by atoms with Gasteiger partial charge in [-0.15, -0.1) is 0 Å². The molecule has 124 heavy (non-hydrogen) atoms. The van der Waals surface area contributed by atoms with Crippen molar-refractivity contribution in [2.24, 2.45) is 23.0 Å². The highest BCUT2D eigenvalue weighted by atomic mass is 16.5. The van der Waals surface area contributed by atoms with E-state index in [1.807, 2.05) is 91.0 Å². The number of β-amino-alcohol motifs (C(OH)–C–C–N with tert-alkyl or cyclic N) is 1. The van der Waals surface area contributed by atoms with E-state index in [1.54, 1.807) is 38.1 Å². The van der Waals surface area contributed by atoms with Crippen molar-refractivity contribution >= 4 is 35.0 Å². The van der Waals surface area contributed by atoms with Crippen LogP contribution in [0.5, 0.6) is 0 Å². The van der Waals surface area contributed by atoms with Crippen LogP contribution in [0.4, 0.5) is 29.1 Å². The van der Waals surface area contributed by atoms with Crippen molar-refractivity contribution in [3.63, 3.8) is 0 Å². The number of carbonyl (C=O) groups is 1. The molecule has 11 N–H and O–H groups in total. The number of pyridine rings is 5. The van der Waals surface area contributed by atoms with Gasteiger partial charge in [0.2, 0.25) is 5.91 Å². The van der Waals surface area contributed by atoms with E-state index in [0.29, 0.717) is 80.0 Å². The molecule has 29 heteroatoms. The monoisotopic (exact) mass is 1680 g/mol. The zero-order valence-electron chi connectivity index (χ0n) is 71.2. The van der Waals surface area contributed by atoms with Crippen LogP contribution in [0.2, 0.25) is 0 Å². The number of ether oxygens (including phenoxy) is 2. The fraction of sp³-hybridized carbons (Fsp3) is 0.495. The molecular formula is C95H118N22O7. The van der Waals surface area contributed by atoms with Crippen LogP contribution in [0.15, 0.2) is 134 Å². The van der Waals surface area contributed by atoms with Gasteiger partial charge in [-0.2, -0.15) is 0 Å². The fourth-order valence-electron chi connectivity index (χ4n) is 18.2. The Hall–Kier alpha value is -10.9. The first-order valence-electron chi connectivity index (χ1n) is 45.1. The number of likely N-dealkylation sites (tertiary alicyclic amines) is 1. The summed E-state index contributed by atoms with van der Waals surface area (Å²) in [6.07, 6.45) is 40.7. The molecule has 1 amide bonds. The van der Waals surface area contributed by atoms with Gasteiger partial charge in [0.25, 0.3) is 0 Å². The zero-order chi connectivity index (χ0) is 85.0. The van der Waals surface area contributed by atoms with E-state index >= 15 is 0 Å². The standard InChI is InChI=1S/C21H29N5O2.C19H23N5O.C19H24N4O2.C18H22N4O.C18H20N4O/c1-28-14-16(27)13-26-11-8-15(9-12-26)23-20-17-5-4-7-18(17)24-21(25-20)19-6-2-3-10-22-19;20-18(25)19(9-2-3-10-19)12-22-16-13-6-5-8-14(13)23-17(24-16)15-7-1-4-11-21-15;24-14(12-25-11-13-7-8-13)10-21-18-15-4-3-6-16(15)22-19(23-18)17-5-1-2-9-20-17;23-13-9-7-12(8-10-13)20-17-14-4-3-6-15(14)21-18(22-17)16-5-1-2-11-19-16;23-11-12-7-8-13(10-12)20-17-14-4-3-6-15(14)21-18(22-17)16-5-1-2-9-19-16/h2-3,6,10,15-16,27H,4-5,7-9,11-14H2,1H3,(H,23,24,25);1,4,7,11H,2-3,5-6,8-10,12H2,(H2,20,25)(H,22,23,24);1-2,5,9,13-14,24H,3-4,6-8,10-12H2,(H,21,22,23);1-2,5,11-13,23H,3-4,6-10H2,(H,20,21,22);1-2,5,7-9,12-13,23H,3-4,6,10-11H2,(H,20,21,22)/t;;;;12-,13?/m....0/s1. The van der Waals surface area contributed by atoms with Crippen LogP contribution in [0.3, 0.4) is 0 Å². The first-order valence-corrected chi connectivity index (χ1v) is 45.1. The number of carbonyl (C=O) groups excluding carboxylic acids is 1. The average molecular weight is 1680 g/mol. The number of methoxy groups -OCH3 is 1. The SMILES string of the molecule is COCC(O)CN1CCC(Nc2nc(-c3ccccn3)nc3c2CCC3)CC1.NC(=O)C1(CNc2nc(-c3ccccn3)nc3c2CCC3)CCCC1.OC(CNc1nc(-c2ccccn2)nc2c1CCC2)COCC1CC1.OC1CCC(Nc2nc(-c3ccccn3)nc3c2CCC3)CC1.OC[C@H]1C=CC(Nc2nc(-c3ccccn3)nc3c2CCC3)C1. The quantitative estimate of drug-likeness (QED) is 0.0214. The summed E-state index contributed by atoms with van der Waals surface area (Å²) in [7, 11) is 1.62. The summed E-state index contributed by atoms with van der Waals surface area (Å²) in [5, 5.41) is 56.6. The molecule has 1 aliphatic heterocycles. The number of hydrogen-bond acceptors (Lipinski definition) is 28. The van der Waals surface area contributed by atoms with Gasteiger partial charge in [0.15, 0.2) is 29.1 Å². The number of nitrogens with zero attached hydrogens (tertiary/aromatic N) is 16. The van der Waals surface area contributed by atoms with Crippen LogP contribution in [0.1, 0.15) is 172 Å². The summed E-state index contributed by atoms with van der Waals surface area (Å²) in [6.45, 7) is 5.32. The molecule has 3 unspecified atom stereocenters. The van der Waals surface area contributed by atoms with Crippen molar-refractivity contribution in [2.75, 3.05) is 92.8 Å². The van der Waals surface area contributed by atoms with Gasteiger partial charge in [-0.05, 0) is 234 Å².